The number of hydrogen-bond donors (Lipinski definition) is 1. The van der Waals surface area contributed by atoms with Gasteiger partial charge in [0.2, 0.25) is 0 Å². The predicted octanol–water partition coefficient (Wildman–Crippen LogP) is 3.15. The van der Waals surface area contributed by atoms with E-state index in [2.05, 4.69) is 4.90 Å². The Hall–Kier alpha value is -0.900. The molecule has 2 atom stereocenters. The normalized spacial score (nSPS) is 21.6. The predicted molar refractivity (Wildman–Crippen MR) is 81.3 cm³/mol. The number of likely N-dealkylation sites (tertiary alicyclic amines) is 1. The maximum absolute atomic E-state index is 12.6. The summed E-state index contributed by atoms with van der Waals surface area (Å²) in [6, 6.07) is 7.25. The molecule has 2 rings (SSSR count). The number of aliphatic hydroxyl groups excluding tert-OH is 1. The first kappa shape index (κ1) is 15.5. The molecule has 110 valence electrons. The number of carbonyl (C=O) groups is 1. The molecule has 2 unspecified atom stereocenters. The summed E-state index contributed by atoms with van der Waals surface area (Å²) in [7, 11) is 0. The number of piperidine rings is 1. The fourth-order valence-electron chi connectivity index (χ4n) is 3.00. The largest absolute Gasteiger partial charge is 0.396 e. The van der Waals surface area contributed by atoms with Gasteiger partial charge < -0.3 is 5.11 Å². The van der Waals surface area contributed by atoms with Gasteiger partial charge in [0.1, 0.15) is 0 Å². The number of rotatable bonds is 5. The number of halogens is 1. The van der Waals surface area contributed by atoms with Gasteiger partial charge in [-0.15, -0.1) is 0 Å². The Labute approximate surface area is 125 Å². The van der Waals surface area contributed by atoms with E-state index in [-0.39, 0.29) is 18.4 Å². The molecule has 20 heavy (non-hydrogen) atoms. The van der Waals surface area contributed by atoms with Gasteiger partial charge in [-0.1, -0.05) is 18.0 Å². The van der Waals surface area contributed by atoms with Crippen LogP contribution in [0.25, 0.3) is 0 Å². The summed E-state index contributed by atoms with van der Waals surface area (Å²) < 4.78 is 0. The molecule has 1 N–H and O–H groups in total. The number of benzene rings is 1. The molecule has 1 aromatic rings. The van der Waals surface area contributed by atoms with Crippen molar-refractivity contribution in [3.8, 4) is 0 Å². The van der Waals surface area contributed by atoms with Gasteiger partial charge in [-0.25, -0.2) is 0 Å². The van der Waals surface area contributed by atoms with Gasteiger partial charge in [0.15, 0.2) is 5.78 Å². The molecule has 0 amide bonds. The molecule has 0 spiro atoms. The Morgan fingerprint density at radius 3 is 2.75 bits per heavy atom. The summed E-state index contributed by atoms with van der Waals surface area (Å²) >= 11 is 5.86. The van der Waals surface area contributed by atoms with Crippen LogP contribution in [-0.4, -0.2) is 41.0 Å². The number of ketones is 1. The second-order valence-corrected chi connectivity index (χ2v) is 5.88. The molecule has 0 saturated carbocycles. The third-order valence-electron chi connectivity index (χ3n) is 4.14. The molecule has 0 bridgehead atoms. The van der Waals surface area contributed by atoms with E-state index in [1.165, 1.54) is 6.42 Å². The maximum atomic E-state index is 12.6. The summed E-state index contributed by atoms with van der Waals surface area (Å²) in [5.74, 6) is 0.131. The minimum absolute atomic E-state index is 0.131. The summed E-state index contributed by atoms with van der Waals surface area (Å²) in [5.41, 5.74) is 0.704. The zero-order chi connectivity index (χ0) is 14.5. The van der Waals surface area contributed by atoms with Crippen molar-refractivity contribution in [1.29, 1.82) is 0 Å². The molecule has 1 aliphatic rings. The summed E-state index contributed by atoms with van der Waals surface area (Å²) in [5, 5.41) is 9.82. The third kappa shape index (κ3) is 3.60. The fraction of sp³-hybridized carbons (Fsp3) is 0.562. The summed E-state index contributed by atoms with van der Waals surface area (Å²) in [6.45, 7) is 3.08. The van der Waals surface area contributed by atoms with Crippen LogP contribution in [0.3, 0.4) is 0 Å². The van der Waals surface area contributed by atoms with Crippen molar-refractivity contribution in [2.45, 2.75) is 44.7 Å². The Morgan fingerprint density at radius 2 is 2.10 bits per heavy atom. The standard InChI is InChI=1S/C16H22ClNO2/c1-12(16(20)13-5-7-14(17)8-6-13)18-10-3-2-4-15(18)9-11-19/h5-8,12,15,19H,2-4,9-11H2,1H3. The van der Waals surface area contributed by atoms with E-state index >= 15 is 0 Å². The van der Waals surface area contributed by atoms with Crippen LogP contribution in [0, 0.1) is 0 Å². The topological polar surface area (TPSA) is 40.5 Å². The van der Waals surface area contributed by atoms with Crippen molar-refractivity contribution in [2.75, 3.05) is 13.2 Å². The van der Waals surface area contributed by atoms with Crippen LogP contribution >= 0.6 is 11.6 Å². The van der Waals surface area contributed by atoms with Gasteiger partial charge in [-0.2, -0.15) is 0 Å². The second-order valence-electron chi connectivity index (χ2n) is 5.45. The minimum atomic E-state index is -0.145. The van der Waals surface area contributed by atoms with Crippen LogP contribution < -0.4 is 0 Å². The lowest BCUT2D eigenvalue weighted by Crippen LogP contribution is -2.48. The smallest absolute Gasteiger partial charge is 0.179 e. The average Bonchev–Trinajstić information content (AvgIpc) is 2.47. The second kappa shape index (κ2) is 7.21. The van der Waals surface area contributed by atoms with Crippen LogP contribution in [0.1, 0.15) is 43.0 Å². The van der Waals surface area contributed by atoms with Crippen molar-refractivity contribution < 1.29 is 9.90 Å². The highest BCUT2D eigenvalue weighted by atomic mass is 35.5. The minimum Gasteiger partial charge on any atom is -0.396 e. The lowest BCUT2D eigenvalue weighted by atomic mass is 9.95. The van der Waals surface area contributed by atoms with E-state index in [0.717, 1.165) is 25.8 Å². The zero-order valence-corrected chi connectivity index (χ0v) is 12.6. The number of aliphatic hydroxyl groups is 1. The molecule has 1 fully saturated rings. The highest BCUT2D eigenvalue weighted by Gasteiger charge is 2.30. The molecule has 0 aliphatic carbocycles. The molecule has 1 aliphatic heterocycles. The quantitative estimate of drug-likeness (QED) is 0.848. The first-order valence-corrected chi connectivity index (χ1v) is 7.67. The number of Topliss-reactive ketones (excluding diaryl/α,β-unsaturated/α-hetero) is 1. The van der Waals surface area contributed by atoms with Crippen LogP contribution in [0.4, 0.5) is 0 Å². The summed E-state index contributed by atoms with van der Waals surface area (Å²) in [4.78, 5) is 14.8. The van der Waals surface area contributed by atoms with Crippen molar-refractivity contribution in [3.05, 3.63) is 34.9 Å². The Kier molecular flexibility index (Phi) is 5.58. The third-order valence-corrected chi connectivity index (χ3v) is 4.39. The zero-order valence-electron chi connectivity index (χ0n) is 11.9. The highest BCUT2D eigenvalue weighted by Crippen LogP contribution is 2.23. The average molecular weight is 296 g/mol. The molecular weight excluding hydrogens is 274 g/mol. The van der Waals surface area contributed by atoms with Crippen molar-refractivity contribution in [1.82, 2.24) is 4.90 Å². The lowest BCUT2D eigenvalue weighted by molar-refractivity contribution is 0.0604. The van der Waals surface area contributed by atoms with Crippen LogP contribution in [-0.2, 0) is 0 Å². The van der Waals surface area contributed by atoms with E-state index < -0.39 is 0 Å². The van der Waals surface area contributed by atoms with Gasteiger partial charge in [0.25, 0.3) is 0 Å². The number of hydrogen-bond acceptors (Lipinski definition) is 3. The van der Waals surface area contributed by atoms with Crippen molar-refractivity contribution >= 4 is 17.4 Å². The van der Waals surface area contributed by atoms with Crippen molar-refractivity contribution in [3.63, 3.8) is 0 Å². The maximum Gasteiger partial charge on any atom is 0.179 e. The Morgan fingerprint density at radius 1 is 1.40 bits per heavy atom. The molecule has 0 radical (unpaired) electrons. The van der Waals surface area contributed by atoms with E-state index in [1.807, 2.05) is 6.92 Å². The molecular formula is C16H22ClNO2. The number of nitrogens with zero attached hydrogens (tertiary/aromatic N) is 1. The molecule has 4 heteroatoms. The Balaban J connectivity index is 2.09. The van der Waals surface area contributed by atoms with Gasteiger partial charge in [-0.05, 0) is 57.0 Å². The van der Waals surface area contributed by atoms with E-state index in [9.17, 15) is 9.90 Å². The molecule has 1 saturated heterocycles. The summed E-state index contributed by atoms with van der Waals surface area (Å²) in [6.07, 6.45) is 4.13. The molecule has 1 aromatic carbocycles. The molecule has 0 aromatic heterocycles. The number of carbonyl (C=O) groups excluding carboxylic acids is 1. The van der Waals surface area contributed by atoms with Crippen LogP contribution in [0.5, 0.6) is 0 Å². The highest BCUT2D eigenvalue weighted by molar-refractivity contribution is 6.30. The van der Waals surface area contributed by atoms with Gasteiger partial charge in [-0.3, -0.25) is 9.69 Å². The molecule has 3 nitrogen and oxygen atoms in total. The molecule has 1 heterocycles. The van der Waals surface area contributed by atoms with Crippen molar-refractivity contribution in [2.24, 2.45) is 0 Å². The van der Waals surface area contributed by atoms with Gasteiger partial charge >= 0.3 is 0 Å². The lowest BCUT2D eigenvalue weighted by Gasteiger charge is -2.39. The van der Waals surface area contributed by atoms with E-state index in [0.29, 0.717) is 16.6 Å². The first-order chi connectivity index (χ1) is 9.63. The van der Waals surface area contributed by atoms with Crippen LogP contribution in [0.2, 0.25) is 5.02 Å². The van der Waals surface area contributed by atoms with Gasteiger partial charge in [0.05, 0.1) is 6.04 Å². The fourth-order valence-corrected chi connectivity index (χ4v) is 3.12. The van der Waals surface area contributed by atoms with E-state index in [1.54, 1.807) is 24.3 Å². The first-order valence-electron chi connectivity index (χ1n) is 7.30. The van der Waals surface area contributed by atoms with E-state index in [4.69, 9.17) is 11.6 Å². The monoisotopic (exact) mass is 295 g/mol. The van der Waals surface area contributed by atoms with Crippen LogP contribution in [0.15, 0.2) is 24.3 Å². The van der Waals surface area contributed by atoms with Gasteiger partial charge in [0, 0.05) is 23.2 Å². The Bertz CT molecular complexity index is 444. The SMILES string of the molecule is CC(C(=O)c1ccc(Cl)cc1)N1CCCCC1CCO.